The van der Waals surface area contributed by atoms with Crippen molar-refractivity contribution in [2.45, 2.75) is 29.7 Å². The second-order valence-corrected chi connectivity index (χ2v) is 9.72. The van der Waals surface area contributed by atoms with E-state index in [2.05, 4.69) is 10.6 Å². The van der Waals surface area contributed by atoms with Crippen LogP contribution in [0.4, 0.5) is 0 Å². The molecule has 1 saturated carbocycles. The van der Waals surface area contributed by atoms with Gasteiger partial charge in [-0.05, 0) is 43.2 Å². The van der Waals surface area contributed by atoms with Crippen LogP contribution < -0.4 is 4.74 Å². The van der Waals surface area contributed by atoms with Crippen molar-refractivity contribution in [3.8, 4) is 5.75 Å². The van der Waals surface area contributed by atoms with Crippen LogP contribution in [0.1, 0.15) is 30.6 Å². The number of hydrogen-bond donors (Lipinski definition) is 0. The first-order valence-corrected chi connectivity index (χ1v) is 11.1. The van der Waals surface area contributed by atoms with Gasteiger partial charge in [0.2, 0.25) is 10.0 Å². The Labute approximate surface area is 168 Å². The first-order valence-electron chi connectivity index (χ1n) is 9.29. The zero-order valence-electron chi connectivity index (χ0n) is 15.4. The van der Waals surface area contributed by atoms with E-state index in [1.807, 2.05) is 18.2 Å². The molecular formula is C20H20ClN3O3S. The predicted molar refractivity (Wildman–Crippen MR) is 108 cm³/mol. The number of hydrogen-bond acceptors (Lipinski definition) is 4. The van der Waals surface area contributed by atoms with Gasteiger partial charge in [-0.15, -0.1) is 0 Å². The number of nitrogens with zero attached hydrogens (tertiary/aromatic N) is 3. The lowest BCUT2D eigenvalue weighted by atomic mass is 10.1. The first-order chi connectivity index (χ1) is 13.5. The summed E-state index contributed by atoms with van der Waals surface area (Å²) >= 11 is 6.03. The molecule has 146 valence electrons. The van der Waals surface area contributed by atoms with E-state index in [0.29, 0.717) is 29.8 Å². The topological polar surface area (TPSA) is 64.4 Å². The summed E-state index contributed by atoms with van der Waals surface area (Å²) in [5.41, 5.74) is 2.05. The second kappa shape index (κ2) is 6.47. The molecule has 0 bridgehead atoms. The molecule has 1 aromatic heterocycles. The molecule has 8 heteroatoms. The van der Waals surface area contributed by atoms with E-state index in [4.69, 9.17) is 21.3 Å². The SMILES string of the molecule is COc1ccc(Cl)cc1S(=O)(=O)N1CC(n2c(C3CC3)nc3ccccc32)C1. The highest BCUT2D eigenvalue weighted by atomic mass is 35.5. The molecule has 0 N–H and O–H groups in total. The van der Waals surface area contributed by atoms with Crippen LogP contribution in [0.2, 0.25) is 5.02 Å². The molecule has 28 heavy (non-hydrogen) atoms. The zero-order valence-corrected chi connectivity index (χ0v) is 16.9. The Hall–Kier alpha value is -2.09. The van der Waals surface area contributed by atoms with Gasteiger partial charge in [0.1, 0.15) is 16.5 Å². The Balaban J connectivity index is 1.46. The minimum Gasteiger partial charge on any atom is -0.495 e. The molecule has 3 aromatic rings. The van der Waals surface area contributed by atoms with Crippen molar-refractivity contribution >= 4 is 32.7 Å². The summed E-state index contributed by atoms with van der Waals surface area (Å²) in [6, 6.07) is 12.8. The molecule has 2 aliphatic rings. The normalized spacial score (nSPS) is 18.4. The zero-order chi connectivity index (χ0) is 19.5. The Kier molecular flexibility index (Phi) is 4.15. The van der Waals surface area contributed by atoms with Crippen molar-refractivity contribution in [3.05, 3.63) is 53.3 Å². The van der Waals surface area contributed by atoms with E-state index >= 15 is 0 Å². The molecule has 5 rings (SSSR count). The Bertz CT molecular complexity index is 1160. The fourth-order valence-electron chi connectivity index (χ4n) is 3.84. The van der Waals surface area contributed by atoms with Crippen LogP contribution in [0.25, 0.3) is 11.0 Å². The number of halogens is 1. The predicted octanol–water partition coefficient (Wildman–Crippen LogP) is 3.82. The van der Waals surface area contributed by atoms with Crippen molar-refractivity contribution < 1.29 is 13.2 Å². The quantitative estimate of drug-likeness (QED) is 0.633. The van der Waals surface area contributed by atoms with Crippen LogP contribution in [0, 0.1) is 0 Å². The number of rotatable bonds is 5. The highest BCUT2D eigenvalue weighted by molar-refractivity contribution is 7.89. The van der Waals surface area contributed by atoms with Gasteiger partial charge in [-0.3, -0.25) is 0 Å². The van der Waals surface area contributed by atoms with E-state index in [-0.39, 0.29) is 10.9 Å². The lowest BCUT2D eigenvalue weighted by molar-refractivity contribution is 0.204. The molecule has 6 nitrogen and oxygen atoms in total. The smallest absolute Gasteiger partial charge is 0.246 e. The monoisotopic (exact) mass is 417 g/mol. The highest BCUT2D eigenvalue weighted by Crippen LogP contribution is 2.43. The molecule has 2 heterocycles. The lowest BCUT2D eigenvalue weighted by Gasteiger charge is -2.39. The fraction of sp³-hybridized carbons (Fsp3) is 0.350. The van der Waals surface area contributed by atoms with Crippen molar-refractivity contribution in [2.24, 2.45) is 0 Å². The molecular weight excluding hydrogens is 398 g/mol. The van der Waals surface area contributed by atoms with E-state index in [1.54, 1.807) is 12.1 Å². The van der Waals surface area contributed by atoms with Gasteiger partial charge in [-0.2, -0.15) is 4.31 Å². The average molecular weight is 418 g/mol. The molecule has 0 atom stereocenters. The van der Waals surface area contributed by atoms with Crippen LogP contribution in [0.15, 0.2) is 47.4 Å². The van der Waals surface area contributed by atoms with Crippen molar-refractivity contribution in [2.75, 3.05) is 20.2 Å². The number of methoxy groups -OCH3 is 1. The number of imidazole rings is 1. The molecule has 0 spiro atoms. The summed E-state index contributed by atoms with van der Waals surface area (Å²) in [6.07, 6.45) is 2.30. The van der Waals surface area contributed by atoms with Crippen molar-refractivity contribution in [1.82, 2.24) is 13.9 Å². The molecule has 2 fully saturated rings. The third-order valence-electron chi connectivity index (χ3n) is 5.50. The summed E-state index contributed by atoms with van der Waals surface area (Å²) in [6.45, 7) is 0.830. The fourth-order valence-corrected chi connectivity index (χ4v) is 5.78. The van der Waals surface area contributed by atoms with Gasteiger partial charge in [-0.25, -0.2) is 13.4 Å². The number of aromatic nitrogens is 2. The van der Waals surface area contributed by atoms with E-state index in [0.717, 1.165) is 29.7 Å². The van der Waals surface area contributed by atoms with Gasteiger partial charge in [-0.1, -0.05) is 23.7 Å². The average Bonchev–Trinajstić information content (AvgIpc) is 3.42. The highest BCUT2D eigenvalue weighted by Gasteiger charge is 2.42. The number of para-hydroxylation sites is 2. The maximum absolute atomic E-state index is 13.1. The van der Waals surface area contributed by atoms with Crippen LogP contribution in [-0.4, -0.2) is 42.5 Å². The van der Waals surface area contributed by atoms with Gasteiger partial charge < -0.3 is 9.30 Å². The summed E-state index contributed by atoms with van der Waals surface area (Å²) < 4.78 is 35.2. The summed E-state index contributed by atoms with van der Waals surface area (Å²) in [7, 11) is -2.21. The second-order valence-electron chi connectivity index (χ2n) is 7.37. The maximum Gasteiger partial charge on any atom is 0.246 e. The third-order valence-corrected chi connectivity index (χ3v) is 7.59. The number of benzene rings is 2. The summed E-state index contributed by atoms with van der Waals surface area (Å²) in [4.78, 5) is 4.93. The standard InChI is InChI=1S/C20H20ClN3O3S/c1-27-18-9-8-14(21)10-19(18)28(25,26)23-11-15(12-23)24-17-5-3-2-4-16(17)22-20(24)13-6-7-13/h2-5,8-10,13,15H,6-7,11-12H2,1H3. The van der Waals surface area contributed by atoms with E-state index < -0.39 is 10.0 Å². The van der Waals surface area contributed by atoms with Crippen LogP contribution in [0.5, 0.6) is 5.75 Å². The van der Waals surface area contributed by atoms with Gasteiger partial charge in [0, 0.05) is 24.0 Å². The maximum atomic E-state index is 13.1. The largest absolute Gasteiger partial charge is 0.495 e. The Morgan fingerprint density at radius 1 is 1.14 bits per heavy atom. The lowest BCUT2D eigenvalue weighted by Crippen LogP contribution is -2.50. The Morgan fingerprint density at radius 2 is 1.89 bits per heavy atom. The molecule has 0 amide bonds. The molecule has 0 unspecified atom stereocenters. The number of sulfonamides is 1. The Morgan fingerprint density at radius 3 is 2.61 bits per heavy atom. The van der Waals surface area contributed by atoms with Crippen LogP contribution in [-0.2, 0) is 10.0 Å². The summed E-state index contributed by atoms with van der Waals surface area (Å²) in [5, 5.41) is 0.369. The molecule has 1 aliphatic carbocycles. The minimum absolute atomic E-state index is 0.0861. The van der Waals surface area contributed by atoms with Crippen molar-refractivity contribution in [3.63, 3.8) is 0 Å². The van der Waals surface area contributed by atoms with Gasteiger partial charge in [0.05, 0.1) is 24.2 Å². The number of ether oxygens (including phenoxy) is 1. The summed E-state index contributed by atoms with van der Waals surface area (Å²) in [5.74, 6) is 1.88. The van der Waals surface area contributed by atoms with Crippen molar-refractivity contribution in [1.29, 1.82) is 0 Å². The van der Waals surface area contributed by atoms with Crippen LogP contribution in [0.3, 0.4) is 0 Å². The molecule has 2 aromatic carbocycles. The molecule has 0 radical (unpaired) electrons. The van der Waals surface area contributed by atoms with Gasteiger partial charge >= 0.3 is 0 Å². The third kappa shape index (κ3) is 2.80. The van der Waals surface area contributed by atoms with Gasteiger partial charge in [0.15, 0.2) is 0 Å². The minimum atomic E-state index is -3.67. The van der Waals surface area contributed by atoms with Gasteiger partial charge in [0.25, 0.3) is 0 Å². The first kappa shape index (κ1) is 18.0. The van der Waals surface area contributed by atoms with Crippen LogP contribution >= 0.6 is 11.6 Å². The number of fused-ring (bicyclic) bond motifs is 1. The van der Waals surface area contributed by atoms with E-state index in [1.165, 1.54) is 17.5 Å². The molecule has 1 aliphatic heterocycles. The molecule has 1 saturated heterocycles. The van der Waals surface area contributed by atoms with E-state index in [9.17, 15) is 8.42 Å².